The fourth-order valence-electron chi connectivity index (χ4n) is 2.13. The van der Waals surface area contributed by atoms with Crippen molar-refractivity contribution in [3.05, 3.63) is 93.6 Å². The molecule has 0 aliphatic rings. The Hall–Kier alpha value is -2.34. The topological polar surface area (TPSA) is 35.5 Å². The summed E-state index contributed by atoms with van der Waals surface area (Å²) in [5, 5.41) is 0. The van der Waals surface area contributed by atoms with E-state index in [1.54, 1.807) is 30.3 Å². The smallest absolute Gasteiger partial charge is 0.344 e. The first kappa shape index (κ1) is 16.5. The van der Waals surface area contributed by atoms with Crippen molar-refractivity contribution >= 4 is 28.6 Å². The third-order valence-electron chi connectivity index (χ3n) is 3.38. The van der Waals surface area contributed by atoms with Gasteiger partial charge in [0.1, 0.15) is 18.1 Å². The summed E-state index contributed by atoms with van der Waals surface area (Å²) in [6.07, 6.45) is 0. The summed E-state index contributed by atoms with van der Waals surface area (Å²) in [5.74, 6) is 0.859. The lowest BCUT2D eigenvalue weighted by Gasteiger charge is -2.08. The lowest BCUT2D eigenvalue weighted by molar-refractivity contribution is 0.0733. The molecule has 0 saturated heterocycles. The zero-order valence-corrected chi connectivity index (χ0v) is 15.0. The number of halogens is 1. The summed E-state index contributed by atoms with van der Waals surface area (Å²) in [5.41, 5.74) is 1.66. The molecule has 0 saturated carbocycles. The maximum atomic E-state index is 12.2. The van der Waals surface area contributed by atoms with Crippen LogP contribution in [0.15, 0.2) is 78.9 Å². The van der Waals surface area contributed by atoms with E-state index in [9.17, 15) is 4.79 Å². The Morgan fingerprint density at radius 3 is 2.12 bits per heavy atom. The van der Waals surface area contributed by atoms with E-state index in [2.05, 4.69) is 22.6 Å². The van der Waals surface area contributed by atoms with Crippen LogP contribution >= 0.6 is 22.6 Å². The molecular formula is C20H15IO3. The third kappa shape index (κ3) is 4.35. The van der Waals surface area contributed by atoms with Crippen molar-refractivity contribution in [1.82, 2.24) is 0 Å². The van der Waals surface area contributed by atoms with E-state index in [0.717, 1.165) is 14.9 Å². The van der Waals surface area contributed by atoms with Gasteiger partial charge in [0.2, 0.25) is 0 Å². The maximum absolute atomic E-state index is 12.2. The predicted octanol–water partition coefficient (Wildman–Crippen LogP) is 5.09. The minimum atomic E-state index is -0.363. The summed E-state index contributed by atoms with van der Waals surface area (Å²) in [7, 11) is 0. The Morgan fingerprint density at radius 1 is 0.792 bits per heavy atom. The number of carbonyl (C=O) groups excluding carboxylic acids is 1. The molecule has 3 aromatic carbocycles. The van der Waals surface area contributed by atoms with Crippen molar-refractivity contribution in [1.29, 1.82) is 0 Å². The van der Waals surface area contributed by atoms with Crippen LogP contribution < -0.4 is 9.47 Å². The highest BCUT2D eigenvalue weighted by molar-refractivity contribution is 14.1. The zero-order chi connectivity index (χ0) is 16.8. The molecule has 0 aliphatic carbocycles. The van der Waals surface area contributed by atoms with Crippen molar-refractivity contribution in [3.8, 4) is 11.5 Å². The van der Waals surface area contributed by atoms with Gasteiger partial charge in [0.15, 0.2) is 0 Å². The Bertz CT molecular complexity index is 814. The molecule has 0 amide bonds. The molecule has 0 fully saturated rings. The van der Waals surface area contributed by atoms with Crippen molar-refractivity contribution in [3.63, 3.8) is 0 Å². The summed E-state index contributed by atoms with van der Waals surface area (Å²) >= 11 is 2.12. The Labute approximate surface area is 154 Å². The number of esters is 1. The summed E-state index contributed by atoms with van der Waals surface area (Å²) in [4.78, 5) is 12.2. The van der Waals surface area contributed by atoms with Gasteiger partial charge in [0, 0.05) is 3.57 Å². The molecule has 24 heavy (non-hydrogen) atoms. The number of benzene rings is 3. The SMILES string of the molecule is O=C(Oc1ccc(OCc2ccccc2)cc1)c1ccccc1I. The lowest BCUT2D eigenvalue weighted by Crippen LogP contribution is -2.10. The first-order valence-electron chi connectivity index (χ1n) is 7.46. The molecule has 3 nitrogen and oxygen atoms in total. The Kier molecular flexibility index (Phi) is 5.48. The van der Waals surface area contributed by atoms with Crippen LogP contribution in [0.25, 0.3) is 0 Å². The summed E-state index contributed by atoms with van der Waals surface area (Å²) in [6, 6.07) is 24.3. The molecule has 0 spiro atoms. The van der Waals surface area contributed by atoms with E-state index in [-0.39, 0.29) is 5.97 Å². The third-order valence-corrected chi connectivity index (χ3v) is 4.32. The Morgan fingerprint density at radius 2 is 1.42 bits per heavy atom. The van der Waals surface area contributed by atoms with E-state index in [0.29, 0.717) is 17.9 Å². The second-order valence-electron chi connectivity index (χ2n) is 5.12. The van der Waals surface area contributed by atoms with Crippen LogP contribution in [0, 0.1) is 3.57 Å². The van der Waals surface area contributed by atoms with E-state index >= 15 is 0 Å². The molecule has 0 unspecified atom stereocenters. The van der Waals surface area contributed by atoms with Gasteiger partial charge in [0.25, 0.3) is 0 Å². The van der Waals surface area contributed by atoms with Crippen molar-refractivity contribution in [2.45, 2.75) is 6.61 Å². The maximum Gasteiger partial charge on any atom is 0.344 e. The first-order chi connectivity index (χ1) is 11.7. The minimum Gasteiger partial charge on any atom is -0.489 e. The molecule has 3 rings (SSSR count). The molecule has 3 aromatic rings. The van der Waals surface area contributed by atoms with Gasteiger partial charge < -0.3 is 9.47 Å². The molecule has 0 bridgehead atoms. The van der Waals surface area contributed by atoms with Gasteiger partial charge in [-0.1, -0.05) is 42.5 Å². The van der Waals surface area contributed by atoms with E-state index in [4.69, 9.17) is 9.47 Å². The highest BCUT2D eigenvalue weighted by Gasteiger charge is 2.11. The molecular weight excluding hydrogens is 415 g/mol. The molecule has 0 radical (unpaired) electrons. The van der Waals surface area contributed by atoms with E-state index < -0.39 is 0 Å². The van der Waals surface area contributed by atoms with Crippen molar-refractivity contribution in [2.24, 2.45) is 0 Å². The molecule has 0 atom stereocenters. The largest absolute Gasteiger partial charge is 0.489 e. The molecule has 0 heterocycles. The first-order valence-corrected chi connectivity index (χ1v) is 8.54. The van der Waals surface area contributed by atoms with Gasteiger partial charge in [-0.05, 0) is 64.6 Å². The van der Waals surface area contributed by atoms with Crippen LogP contribution in [0.1, 0.15) is 15.9 Å². The van der Waals surface area contributed by atoms with Gasteiger partial charge in [-0.2, -0.15) is 0 Å². The fraction of sp³-hybridized carbons (Fsp3) is 0.0500. The molecule has 0 aliphatic heterocycles. The number of ether oxygens (including phenoxy) is 2. The van der Waals surface area contributed by atoms with Gasteiger partial charge in [-0.3, -0.25) is 0 Å². The highest BCUT2D eigenvalue weighted by atomic mass is 127. The van der Waals surface area contributed by atoms with Crippen LogP contribution in [-0.2, 0) is 6.61 Å². The normalized spacial score (nSPS) is 10.2. The standard InChI is InChI=1S/C20H15IO3/c21-19-9-5-4-8-18(19)20(22)24-17-12-10-16(11-13-17)23-14-15-6-2-1-3-7-15/h1-13H,14H2. The van der Waals surface area contributed by atoms with E-state index in [1.807, 2.05) is 48.5 Å². The van der Waals surface area contributed by atoms with Crippen molar-refractivity contribution in [2.75, 3.05) is 0 Å². The number of hydrogen-bond donors (Lipinski definition) is 0. The average Bonchev–Trinajstić information content (AvgIpc) is 2.62. The quantitative estimate of drug-likeness (QED) is 0.322. The average molecular weight is 430 g/mol. The number of hydrogen-bond acceptors (Lipinski definition) is 3. The zero-order valence-electron chi connectivity index (χ0n) is 12.8. The van der Waals surface area contributed by atoms with Crippen LogP contribution in [-0.4, -0.2) is 5.97 Å². The van der Waals surface area contributed by atoms with E-state index in [1.165, 1.54) is 0 Å². The van der Waals surface area contributed by atoms with Gasteiger partial charge in [-0.25, -0.2) is 4.79 Å². The van der Waals surface area contributed by atoms with Gasteiger partial charge >= 0.3 is 5.97 Å². The number of rotatable bonds is 5. The summed E-state index contributed by atoms with van der Waals surface area (Å²) < 4.78 is 12.0. The lowest BCUT2D eigenvalue weighted by atomic mass is 10.2. The van der Waals surface area contributed by atoms with Crippen molar-refractivity contribution < 1.29 is 14.3 Å². The highest BCUT2D eigenvalue weighted by Crippen LogP contribution is 2.21. The van der Waals surface area contributed by atoms with Gasteiger partial charge in [0.05, 0.1) is 5.56 Å². The second-order valence-corrected chi connectivity index (χ2v) is 6.28. The fourth-order valence-corrected chi connectivity index (χ4v) is 2.74. The molecule has 0 aromatic heterocycles. The predicted molar refractivity (Wildman–Crippen MR) is 101 cm³/mol. The Balaban J connectivity index is 1.60. The van der Waals surface area contributed by atoms with Crippen LogP contribution in [0.5, 0.6) is 11.5 Å². The molecule has 120 valence electrons. The number of carbonyl (C=O) groups is 1. The monoisotopic (exact) mass is 430 g/mol. The molecule has 4 heteroatoms. The van der Waals surface area contributed by atoms with Gasteiger partial charge in [-0.15, -0.1) is 0 Å². The van der Waals surface area contributed by atoms with Crippen LogP contribution in [0.4, 0.5) is 0 Å². The second kappa shape index (κ2) is 7.97. The van der Waals surface area contributed by atoms with Crippen LogP contribution in [0.3, 0.4) is 0 Å². The minimum absolute atomic E-state index is 0.363. The summed E-state index contributed by atoms with van der Waals surface area (Å²) in [6.45, 7) is 0.502. The van der Waals surface area contributed by atoms with Crippen LogP contribution in [0.2, 0.25) is 0 Å². The molecule has 0 N–H and O–H groups in total.